The summed E-state index contributed by atoms with van der Waals surface area (Å²) in [5, 5.41) is 9.62. The lowest BCUT2D eigenvalue weighted by Crippen LogP contribution is -2.43. The number of hydrogen-bond donors (Lipinski definition) is 1. The number of nitrogens with zero attached hydrogens (tertiary/aromatic N) is 2. The van der Waals surface area contributed by atoms with Gasteiger partial charge in [-0.15, -0.1) is 0 Å². The molecule has 2 rings (SSSR count). The summed E-state index contributed by atoms with van der Waals surface area (Å²) < 4.78 is 0. The van der Waals surface area contributed by atoms with Gasteiger partial charge in [-0.3, -0.25) is 9.69 Å². The molecule has 1 N–H and O–H groups in total. The molecule has 110 valence electrons. The molecule has 1 heterocycles. The van der Waals surface area contributed by atoms with Crippen LogP contribution in [0.25, 0.3) is 0 Å². The molecule has 1 aromatic rings. The van der Waals surface area contributed by atoms with E-state index in [2.05, 4.69) is 11.8 Å². The zero-order valence-electron chi connectivity index (χ0n) is 12.5. The molecule has 0 aromatic heterocycles. The lowest BCUT2D eigenvalue weighted by Gasteiger charge is -2.37. The van der Waals surface area contributed by atoms with Gasteiger partial charge in [0.05, 0.1) is 0 Å². The molecule has 1 aliphatic rings. The maximum atomic E-state index is 11.7. The van der Waals surface area contributed by atoms with Crippen LogP contribution < -0.4 is 4.90 Å². The highest BCUT2D eigenvalue weighted by Gasteiger charge is 2.32. The Kier molecular flexibility index (Phi) is 4.65. The van der Waals surface area contributed by atoms with Gasteiger partial charge in [-0.1, -0.05) is 18.6 Å². The van der Waals surface area contributed by atoms with E-state index in [4.69, 9.17) is 0 Å². The molecule has 0 aliphatic carbocycles. The fourth-order valence-corrected chi connectivity index (χ4v) is 2.93. The molecule has 0 radical (unpaired) electrons. The number of aliphatic carboxylic acids is 1. The number of hydrogen-bond acceptors (Lipinski definition) is 3. The van der Waals surface area contributed by atoms with E-state index in [0.717, 1.165) is 30.6 Å². The minimum atomic E-state index is -0.753. The van der Waals surface area contributed by atoms with E-state index < -0.39 is 12.0 Å². The first-order valence-electron chi connectivity index (χ1n) is 7.26. The second-order valence-electron chi connectivity index (χ2n) is 5.81. The van der Waals surface area contributed by atoms with Crippen LogP contribution in [0.4, 0.5) is 5.69 Å². The Morgan fingerprint density at radius 1 is 1.30 bits per heavy atom. The Morgan fingerprint density at radius 2 is 1.95 bits per heavy atom. The zero-order valence-corrected chi connectivity index (χ0v) is 12.5. The molecule has 4 nitrogen and oxygen atoms in total. The quantitative estimate of drug-likeness (QED) is 0.918. The Balaban J connectivity index is 2.26. The summed E-state index contributed by atoms with van der Waals surface area (Å²) in [4.78, 5) is 15.8. The van der Waals surface area contributed by atoms with Gasteiger partial charge in [0.25, 0.3) is 0 Å². The number of carboxylic acid groups (broad SMARTS) is 1. The van der Waals surface area contributed by atoms with Gasteiger partial charge in [-0.05, 0) is 44.0 Å². The van der Waals surface area contributed by atoms with Crippen molar-refractivity contribution < 1.29 is 9.90 Å². The van der Waals surface area contributed by atoms with Crippen molar-refractivity contribution in [3.63, 3.8) is 0 Å². The zero-order chi connectivity index (χ0) is 14.7. The van der Waals surface area contributed by atoms with E-state index in [1.807, 2.05) is 43.3 Å². The average molecular weight is 276 g/mol. The topological polar surface area (TPSA) is 43.8 Å². The second-order valence-corrected chi connectivity index (χ2v) is 5.81. The van der Waals surface area contributed by atoms with Crippen molar-refractivity contribution >= 4 is 11.7 Å². The Bertz CT molecular complexity index is 456. The minimum Gasteiger partial charge on any atom is -0.480 e. The molecule has 1 aromatic carbocycles. The molecule has 1 aliphatic heterocycles. The monoisotopic (exact) mass is 276 g/mol. The summed E-state index contributed by atoms with van der Waals surface area (Å²) in [6, 6.07) is 7.66. The fourth-order valence-electron chi connectivity index (χ4n) is 2.93. The molecule has 0 spiro atoms. The van der Waals surface area contributed by atoms with Crippen LogP contribution in [0.5, 0.6) is 0 Å². The van der Waals surface area contributed by atoms with Crippen molar-refractivity contribution in [1.29, 1.82) is 0 Å². The first-order chi connectivity index (χ1) is 9.50. The molecule has 0 amide bonds. The molecule has 2 atom stereocenters. The normalized spacial score (nSPS) is 21.4. The van der Waals surface area contributed by atoms with E-state index >= 15 is 0 Å². The maximum Gasteiger partial charge on any atom is 0.325 e. The molecule has 0 saturated carbocycles. The van der Waals surface area contributed by atoms with Gasteiger partial charge in [-0.2, -0.15) is 0 Å². The van der Waals surface area contributed by atoms with Crippen LogP contribution in [-0.2, 0) is 4.79 Å². The van der Waals surface area contributed by atoms with Crippen molar-refractivity contribution in [3.8, 4) is 0 Å². The van der Waals surface area contributed by atoms with Crippen LogP contribution in [0.2, 0.25) is 0 Å². The number of benzene rings is 1. The minimum absolute atomic E-state index is 0.332. The average Bonchev–Trinajstić information content (AvgIpc) is 2.41. The number of piperidine rings is 1. The van der Waals surface area contributed by atoms with Gasteiger partial charge in [-0.25, -0.2) is 0 Å². The van der Waals surface area contributed by atoms with Gasteiger partial charge in [0.1, 0.15) is 6.04 Å². The van der Waals surface area contributed by atoms with Gasteiger partial charge in [0.2, 0.25) is 0 Å². The van der Waals surface area contributed by atoms with Crippen LogP contribution in [-0.4, -0.2) is 42.7 Å². The van der Waals surface area contributed by atoms with E-state index in [-0.39, 0.29) is 0 Å². The second kappa shape index (κ2) is 6.27. The third-order valence-corrected chi connectivity index (χ3v) is 4.15. The van der Waals surface area contributed by atoms with Crippen LogP contribution in [0.15, 0.2) is 24.3 Å². The summed E-state index contributed by atoms with van der Waals surface area (Å²) in [6.45, 7) is 3.00. The summed E-state index contributed by atoms with van der Waals surface area (Å²) in [7, 11) is 3.97. The van der Waals surface area contributed by atoms with Crippen LogP contribution in [0.1, 0.15) is 37.8 Å². The summed E-state index contributed by atoms with van der Waals surface area (Å²) in [5.74, 6) is -0.753. The first-order valence-corrected chi connectivity index (χ1v) is 7.26. The van der Waals surface area contributed by atoms with Crippen molar-refractivity contribution in [2.24, 2.45) is 0 Å². The van der Waals surface area contributed by atoms with Gasteiger partial charge in [0, 0.05) is 25.8 Å². The Morgan fingerprint density at radius 3 is 2.45 bits per heavy atom. The number of rotatable bonds is 4. The van der Waals surface area contributed by atoms with Crippen LogP contribution in [0, 0.1) is 0 Å². The van der Waals surface area contributed by atoms with Crippen molar-refractivity contribution in [1.82, 2.24) is 4.90 Å². The third-order valence-electron chi connectivity index (χ3n) is 4.15. The molecule has 2 unspecified atom stereocenters. The predicted octanol–water partition coefficient (Wildman–Crippen LogP) is 2.75. The molecule has 4 heteroatoms. The molecule has 0 bridgehead atoms. The van der Waals surface area contributed by atoms with Gasteiger partial charge >= 0.3 is 5.97 Å². The predicted molar refractivity (Wildman–Crippen MR) is 81.2 cm³/mol. The maximum absolute atomic E-state index is 11.7. The number of anilines is 1. The number of carbonyl (C=O) groups is 1. The standard InChI is InChI=1S/C16H24N2O2/c1-12-6-4-5-11-18(12)15(16(19)20)13-7-9-14(10-8-13)17(2)3/h7-10,12,15H,4-6,11H2,1-3H3,(H,19,20). The summed E-state index contributed by atoms with van der Waals surface area (Å²) in [5.41, 5.74) is 1.96. The van der Waals surface area contributed by atoms with E-state index in [1.54, 1.807) is 0 Å². The van der Waals surface area contributed by atoms with E-state index in [9.17, 15) is 9.90 Å². The van der Waals surface area contributed by atoms with Crippen LogP contribution >= 0.6 is 0 Å². The molecular weight excluding hydrogens is 252 g/mol. The number of likely N-dealkylation sites (tertiary alicyclic amines) is 1. The summed E-state index contributed by atoms with van der Waals surface area (Å²) >= 11 is 0. The van der Waals surface area contributed by atoms with Gasteiger partial charge in [0.15, 0.2) is 0 Å². The highest BCUT2D eigenvalue weighted by atomic mass is 16.4. The van der Waals surface area contributed by atoms with E-state index in [1.165, 1.54) is 6.42 Å². The van der Waals surface area contributed by atoms with Crippen LogP contribution in [0.3, 0.4) is 0 Å². The van der Waals surface area contributed by atoms with Crippen molar-refractivity contribution in [3.05, 3.63) is 29.8 Å². The van der Waals surface area contributed by atoms with Gasteiger partial charge < -0.3 is 10.0 Å². The SMILES string of the molecule is CC1CCCCN1C(C(=O)O)c1ccc(N(C)C)cc1. The largest absolute Gasteiger partial charge is 0.480 e. The Labute approximate surface area is 121 Å². The third kappa shape index (κ3) is 3.12. The van der Waals surface area contributed by atoms with E-state index in [0.29, 0.717) is 6.04 Å². The molecule has 1 saturated heterocycles. The lowest BCUT2D eigenvalue weighted by atomic mass is 9.97. The van der Waals surface area contributed by atoms with Crippen molar-refractivity contribution in [2.45, 2.75) is 38.3 Å². The molecule has 1 fully saturated rings. The molecule has 20 heavy (non-hydrogen) atoms. The van der Waals surface area contributed by atoms with Crippen molar-refractivity contribution in [2.75, 3.05) is 25.5 Å². The lowest BCUT2D eigenvalue weighted by molar-refractivity contribution is -0.145. The highest BCUT2D eigenvalue weighted by Crippen LogP contribution is 2.29. The highest BCUT2D eigenvalue weighted by molar-refractivity contribution is 5.76. The fraction of sp³-hybridized carbons (Fsp3) is 0.562. The number of carboxylic acids is 1. The summed E-state index contributed by atoms with van der Waals surface area (Å²) in [6.07, 6.45) is 3.37. The smallest absolute Gasteiger partial charge is 0.325 e. The Hall–Kier alpha value is -1.55. The first kappa shape index (κ1) is 14.9. The molecular formula is C16H24N2O2.